The van der Waals surface area contributed by atoms with Gasteiger partial charge in [0, 0.05) is 34.7 Å². The van der Waals surface area contributed by atoms with Crippen LogP contribution in [0.1, 0.15) is 63.6 Å². The molecule has 1 fully saturated rings. The number of aromatic nitrogens is 3. The molecule has 1 aliphatic carbocycles. The molecule has 2 aromatic carbocycles. The Hall–Kier alpha value is -3.26. The van der Waals surface area contributed by atoms with E-state index in [1.807, 2.05) is 10.6 Å². The van der Waals surface area contributed by atoms with Gasteiger partial charge in [0.1, 0.15) is 11.3 Å². The molecule has 2 aromatic heterocycles. The SMILES string of the molecule is COCC(C)(C)c1c([C@H]2CC[C@](C)(C(=O)O)CC2)c2c(F)c3[nH]ncc3cc2n1-c1ccc(F)cc1. The zero-order chi connectivity index (χ0) is 25.8. The summed E-state index contributed by atoms with van der Waals surface area (Å²) < 4.78 is 37.8. The monoisotopic (exact) mass is 495 g/mol. The van der Waals surface area contributed by atoms with Crippen molar-refractivity contribution in [1.29, 1.82) is 0 Å². The van der Waals surface area contributed by atoms with Crippen LogP contribution in [0.2, 0.25) is 0 Å². The van der Waals surface area contributed by atoms with Crippen LogP contribution in [0.4, 0.5) is 8.78 Å². The molecule has 8 heteroatoms. The minimum absolute atomic E-state index is 0.0392. The van der Waals surface area contributed by atoms with Crippen molar-refractivity contribution in [2.75, 3.05) is 13.7 Å². The summed E-state index contributed by atoms with van der Waals surface area (Å²) in [6.45, 7) is 6.30. The number of carboxylic acids is 1. The van der Waals surface area contributed by atoms with Crippen molar-refractivity contribution >= 4 is 27.8 Å². The molecule has 0 atom stereocenters. The largest absolute Gasteiger partial charge is 0.481 e. The number of aromatic amines is 1. The van der Waals surface area contributed by atoms with Crippen molar-refractivity contribution in [1.82, 2.24) is 14.8 Å². The lowest BCUT2D eigenvalue weighted by atomic mass is 9.68. The molecule has 0 amide bonds. The normalized spacial score (nSPS) is 20.9. The third kappa shape index (κ3) is 3.79. The average molecular weight is 496 g/mol. The molecule has 4 aromatic rings. The highest BCUT2D eigenvalue weighted by atomic mass is 19.1. The summed E-state index contributed by atoms with van der Waals surface area (Å²) in [5.74, 6) is -1.56. The molecule has 6 nitrogen and oxygen atoms in total. The Morgan fingerprint density at radius 2 is 1.92 bits per heavy atom. The van der Waals surface area contributed by atoms with Crippen LogP contribution in [0, 0.1) is 17.0 Å². The van der Waals surface area contributed by atoms with Gasteiger partial charge >= 0.3 is 5.97 Å². The van der Waals surface area contributed by atoms with Crippen molar-refractivity contribution in [3.8, 4) is 5.69 Å². The number of benzene rings is 2. The second-order valence-electron chi connectivity index (χ2n) is 10.9. The Labute approximate surface area is 208 Å². The van der Waals surface area contributed by atoms with Gasteiger partial charge in [-0.3, -0.25) is 9.89 Å². The number of methoxy groups -OCH3 is 1. The van der Waals surface area contributed by atoms with Gasteiger partial charge < -0.3 is 14.4 Å². The van der Waals surface area contributed by atoms with E-state index < -0.39 is 16.8 Å². The van der Waals surface area contributed by atoms with E-state index in [1.165, 1.54) is 12.1 Å². The molecule has 2 N–H and O–H groups in total. The molecule has 1 saturated carbocycles. The highest BCUT2D eigenvalue weighted by Gasteiger charge is 2.42. The lowest BCUT2D eigenvalue weighted by Gasteiger charge is -2.36. The van der Waals surface area contributed by atoms with E-state index in [0.29, 0.717) is 54.1 Å². The van der Waals surface area contributed by atoms with Crippen molar-refractivity contribution in [3.63, 3.8) is 0 Å². The predicted octanol–water partition coefficient (Wildman–Crippen LogP) is 6.46. The number of carbonyl (C=O) groups is 1. The molecule has 0 aliphatic heterocycles. The zero-order valence-electron chi connectivity index (χ0n) is 21.0. The Kier molecular flexibility index (Phi) is 5.90. The topological polar surface area (TPSA) is 80.1 Å². The second-order valence-corrected chi connectivity index (χ2v) is 10.9. The molecule has 0 unspecified atom stereocenters. The number of H-pyrrole nitrogens is 1. The number of nitrogens with zero attached hydrogens (tertiary/aromatic N) is 2. The molecular formula is C28H31F2N3O3. The maximum Gasteiger partial charge on any atom is 0.309 e. The molecule has 0 spiro atoms. The van der Waals surface area contributed by atoms with E-state index in [-0.39, 0.29) is 17.6 Å². The number of ether oxygens (including phenoxy) is 1. The van der Waals surface area contributed by atoms with E-state index in [9.17, 15) is 14.3 Å². The minimum Gasteiger partial charge on any atom is -0.481 e. The zero-order valence-corrected chi connectivity index (χ0v) is 21.0. The Balaban J connectivity index is 1.85. The maximum absolute atomic E-state index is 16.3. The number of hydrogen-bond acceptors (Lipinski definition) is 3. The number of fused-ring (bicyclic) bond motifs is 2. The van der Waals surface area contributed by atoms with Crippen LogP contribution in [0.25, 0.3) is 27.5 Å². The average Bonchev–Trinajstić information content (AvgIpc) is 3.44. The van der Waals surface area contributed by atoms with Gasteiger partial charge in [-0.1, -0.05) is 13.8 Å². The first-order chi connectivity index (χ1) is 17.1. The standard InChI is InChI=1S/C28H31F2N3O3/c1-27(2,15-36-4)25-21(16-9-11-28(3,12-10-16)26(34)35)22-20(13-17-14-31-32-24(17)23(22)30)33(25)19-7-5-18(29)6-8-19/h5-8,13-14,16H,9-12,15H2,1-4H3,(H,31,32)(H,34,35)/t16-,28-. The molecule has 2 heterocycles. The Morgan fingerprint density at radius 3 is 2.53 bits per heavy atom. The van der Waals surface area contributed by atoms with Crippen LogP contribution in [-0.4, -0.2) is 39.6 Å². The molecule has 5 rings (SSSR count). The van der Waals surface area contributed by atoms with Crippen molar-refractivity contribution in [3.05, 3.63) is 59.4 Å². The first kappa shape index (κ1) is 24.4. The van der Waals surface area contributed by atoms with Crippen molar-refractivity contribution < 1.29 is 23.4 Å². The van der Waals surface area contributed by atoms with E-state index in [1.54, 1.807) is 32.4 Å². The Morgan fingerprint density at radius 1 is 1.25 bits per heavy atom. The number of halogens is 2. The van der Waals surface area contributed by atoms with E-state index in [0.717, 1.165) is 16.9 Å². The third-order valence-corrected chi connectivity index (χ3v) is 7.89. The predicted molar refractivity (Wildman–Crippen MR) is 135 cm³/mol. The molecule has 190 valence electrons. The quantitative estimate of drug-likeness (QED) is 0.322. The fourth-order valence-corrected chi connectivity index (χ4v) is 5.94. The molecule has 0 saturated heterocycles. The molecular weight excluding hydrogens is 464 g/mol. The summed E-state index contributed by atoms with van der Waals surface area (Å²) in [7, 11) is 1.64. The first-order valence-electron chi connectivity index (χ1n) is 12.3. The van der Waals surface area contributed by atoms with Gasteiger partial charge in [-0.2, -0.15) is 5.10 Å². The minimum atomic E-state index is -0.792. The summed E-state index contributed by atoms with van der Waals surface area (Å²) in [6, 6.07) is 8.12. The molecule has 0 bridgehead atoms. The third-order valence-electron chi connectivity index (χ3n) is 7.89. The summed E-state index contributed by atoms with van der Waals surface area (Å²) in [4.78, 5) is 11.9. The summed E-state index contributed by atoms with van der Waals surface area (Å²) >= 11 is 0. The van der Waals surface area contributed by atoms with Gasteiger partial charge in [0.05, 0.1) is 23.7 Å². The molecule has 36 heavy (non-hydrogen) atoms. The van der Waals surface area contributed by atoms with Gasteiger partial charge in [0.2, 0.25) is 0 Å². The maximum atomic E-state index is 16.3. The fraction of sp³-hybridized carbons (Fsp3) is 0.429. The van der Waals surface area contributed by atoms with E-state index in [2.05, 4.69) is 24.0 Å². The summed E-state index contributed by atoms with van der Waals surface area (Å²) in [5, 5.41) is 17.8. The van der Waals surface area contributed by atoms with Crippen LogP contribution >= 0.6 is 0 Å². The number of rotatable bonds is 6. The number of aliphatic carboxylic acids is 1. The molecule has 0 radical (unpaired) electrons. The van der Waals surface area contributed by atoms with Gasteiger partial charge in [-0.05, 0) is 74.4 Å². The summed E-state index contributed by atoms with van der Waals surface area (Å²) in [5.41, 5.74) is 2.19. The van der Waals surface area contributed by atoms with Crippen LogP contribution in [0.5, 0.6) is 0 Å². The van der Waals surface area contributed by atoms with Crippen LogP contribution in [0.3, 0.4) is 0 Å². The van der Waals surface area contributed by atoms with Gasteiger partial charge in [-0.15, -0.1) is 0 Å². The summed E-state index contributed by atoms with van der Waals surface area (Å²) in [6.07, 6.45) is 3.87. The second kappa shape index (κ2) is 8.69. The van der Waals surface area contributed by atoms with Crippen LogP contribution in [0.15, 0.2) is 36.5 Å². The number of nitrogens with one attached hydrogen (secondary N) is 1. The van der Waals surface area contributed by atoms with Gasteiger partial charge in [0.25, 0.3) is 0 Å². The van der Waals surface area contributed by atoms with Crippen LogP contribution in [-0.2, 0) is 14.9 Å². The van der Waals surface area contributed by atoms with E-state index in [4.69, 9.17) is 4.74 Å². The highest BCUT2D eigenvalue weighted by Crippen LogP contribution is 2.50. The van der Waals surface area contributed by atoms with Crippen molar-refractivity contribution in [2.45, 2.75) is 57.8 Å². The Bertz CT molecular complexity index is 1440. The van der Waals surface area contributed by atoms with Crippen molar-refractivity contribution in [2.24, 2.45) is 5.41 Å². The first-order valence-corrected chi connectivity index (χ1v) is 12.3. The lowest BCUT2D eigenvalue weighted by molar-refractivity contribution is -0.149. The highest BCUT2D eigenvalue weighted by molar-refractivity contribution is 6.00. The van der Waals surface area contributed by atoms with E-state index >= 15 is 4.39 Å². The molecule has 1 aliphatic rings. The van der Waals surface area contributed by atoms with Crippen LogP contribution < -0.4 is 0 Å². The van der Waals surface area contributed by atoms with Gasteiger partial charge in [-0.25, -0.2) is 8.78 Å². The number of hydrogen-bond donors (Lipinski definition) is 2. The lowest BCUT2D eigenvalue weighted by Crippen LogP contribution is -2.33. The number of carboxylic acid groups (broad SMARTS) is 1. The smallest absolute Gasteiger partial charge is 0.309 e. The fourth-order valence-electron chi connectivity index (χ4n) is 5.94. The van der Waals surface area contributed by atoms with Gasteiger partial charge in [0.15, 0.2) is 5.82 Å².